The van der Waals surface area contributed by atoms with Gasteiger partial charge in [-0.1, -0.05) is 36.4 Å². The quantitative estimate of drug-likeness (QED) is 0.269. The number of nitrogens with zero attached hydrogens (tertiary/aromatic N) is 1. The first kappa shape index (κ1) is 22.1. The molecule has 4 aromatic rings. The van der Waals surface area contributed by atoms with Crippen LogP contribution < -0.4 is 15.4 Å². The van der Waals surface area contributed by atoms with E-state index in [0.717, 1.165) is 28.9 Å². The van der Waals surface area contributed by atoms with Gasteiger partial charge in [-0.25, -0.2) is 0 Å². The zero-order valence-electron chi connectivity index (χ0n) is 18.9. The highest BCUT2D eigenvalue weighted by molar-refractivity contribution is 6.10. The van der Waals surface area contributed by atoms with Crippen LogP contribution in [0.15, 0.2) is 84.0 Å². The Labute approximate surface area is 193 Å². The van der Waals surface area contributed by atoms with Crippen molar-refractivity contribution >= 4 is 28.5 Å². The summed E-state index contributed by atoms with van der Waals surface area (Å²) in [4.78, 5) is 20.9. The Balaban J connectivity index is 1.51. The number of benzene rings is 3. The van der Waals surface area contributed by atoms with Crippen LogP contribution in [-0.4, -0.2) is 30.0 Å². The summed E-state index contributed by atoms with van der Waals surface area (Å²) >= 11 is 0. The summed E-state index contributed by atoms with van der Waals surface area (Å²) in [6.45, 7) is 5.00. The second-order valence-electron chi connectivity index (χ2n) is 7.69. The first-order valence-electron chi connectivity index (χ1n) is 11.1. The summed E-state index contributed by atoms with van der Waals surface area (Å²) in [7, 11) is 0. The summed E-state index contributed by atoms with van der Waals surface area (Å²) in [6.07, 6.45) is 2.77. The number of aromatic nitrogens is 1. The maximum atomic E-state index is 12.9. The number of nitrogens with one attached hydrogen (secondary N) is 3. The number of aliphatic imine (C=N–C) groups is 1. The molecule has 6 heteroatoms. The molecular weight excluding hydrogens is 412 g/mol. The SMILES string of the molecule is CCOc1ccc(NC(=NCCc2c[nH]c3ccccc23)NC(=O)c2ccccc2C)cc1. The van der Waals surface area contributed by atoms with Crippen molar-refractivity contribution in [2.75, 3.05) is 18.5 Å². The van der Waals surface area contributed by atoms with E-state index in [2.05, 4.69) is 32.7 Å². The fourth-order valence-corrected chi connectivity index (χ4v) is 3.68. The number of hydrogen-bond donors (Lipinski definition) is 3. The minimum atomic E-state index is -0.197. The van der Waals surface area contributed by atoms with Gasteiger partial charge in [0, 0.05) is 34.9 Å². The predicted octanol–water partition coefficient (Wildman–Crippen LogP) is 5.32. The largest absolute Gasteiger partial charge is 0.494 e. The molecule has 0 saturated carbocycles. The number of H-pyrrole nitrogens is 1. The molecule has 4 rings (SSSR count). The summed E-state index contributed by atoms with van der Waals surface area (Å²) in [5.41, 5.74) is 4.65. The maximum absolute atomic E-state index is 12.9. The lowest BCUT2D eigenvalue weighted by Gasteiger charge is -2.13. The zero-order valence-corrected chi connectivity index (χ0v) is 18.9. The lowest BCUT2D eigenvalue weighted by Crippen LogP contribution is -2.36. The Hall–Kier alpha value is -4.06. The van der Waals surface area contributed by atoms with Crippen LogP contribution in [0.5, 0.6) is 5.75 Å². The molecular formula is C27H28N4O2. The number of aromatic amines is 1. The highest BCUT2D eigenvalue weighted by Gasteiger charge is 2.12. The van der Waals surface area contributed by atoms with E-state index in [4.69, 9.17) is 4.74 Å². The number of anilines is 1. The maximum Gasteiger partial charge on any atom is 0.258 e. The van der Waals surface area contributed by atoms with E-state index in [1.54, 1.807) is 0 Å². The molecule has 0 saturated heterocycles. The van der Waals surface area contributed by atoms with Crippen molar-refractivity contribution in [3.63, 3.8) is 0 Å². The van der Waals surface area contributed by atoms with Crippen LogP contribution in [0.2, 0.25) is 0 Å². The van der Waals surface area contributed by atoms with Gasteiger partial charge in [-0.05, 0) is 67.8 Å². The van der Waals surface area contributed by atoms with E-state index >= 15 is 0 Å². The summed E-state index contributed by atoms with van der Waals surface area (Å²) < 4.78 is 5.51. The van der Waals surface area contributed by atoms with Gasteiger partial charge in [-0.15, -0.1) is 0 Å². The monoisotopic (exact) mass is 440 g/mol. The smallest absolute Gasteiger partial charge is 0.258 e. The fourth-order valence-electron chi connectivity index (χ4n) is 3.68. The van der Waals surface area contributed by atoms with Crippen molar-refractivity contribution in [1.82, 2.24) is 10.3 Å². The molecule has 1 heterocycles. The third-order valence-electron chi connectivity index (χ3n) is 5.38. The summed E-state index contributed by atoms with van der Waals surface area (Å²) in [5, 5.41) is 7.37. The van der Waals surface area contributed by atoms with Gasteiger partial charge < -0.3 is 15.0 Å². The Morgan fingerprint density at radius 3 is 2.55 bits per heavy atom. The second-order valence-corrected chi connectivity index (χ2v) is 7.69. The molecule has 3 N–H and O–H groups in total. The van der Waals surface area contributed by atoms with Gasteiger partial charge >= 0.3 is 0 Å². The Morgan fingerprint density at radius 1 is 1.00 bits per heavy atom. The van der Waals surface area contributed by atoms with Gasteiger partial charge in [0.2, 0.25) is 5.96 Å². The standard InChI is InChI=1S/C27H28N4O2/c1-3-33-22-14-12-21(13-15-22)30-27(31-26(32)23-9-5-4-8-19(23)2)28-17-16-20-18-29-25-11-7-6-10-24(20)25/h4-15,18,29H,3,16-17H2,1-2H3,(H2,28,30,31,32). The van der Waals surface area contributed by atoms with Crippen molar-refractivity contribution in [3.8, 4) is 5.75 Å². The average molecular weight is 441 g/mol. The number of carbonyl (C=O) groups excluding carboxylic acids is 1. The van der Waals surface area contributed by atoms with Crippen molar-refractivity contribution in [3.05, 3.63) is 95.7 Å². The fraction of sp³-hybridized carbons (Fsp3) is 0.185. The number of rotatable bonds is 7. The van der Waals surface area contributed by atoms with Gasteiger partial charge in [-0.2, -0.15) is 0 Å². The minimum Gasteiger partial charge on any atom is -0.494 e. The van der Waals surface area contributed by atoms with E-state index in [0.29, 0.717) is 24.7 Å². The molecule has 0 bridgehead atoms. The lowest BCUT2D eigenvalue weighted by atomic mass is 10.1. The predicted molar refractivity (Wildman–Crippen MR) is 134 cm³/mol. The molecule has 0 radical (unpaired) electrons. The Kier molecular flexibility index (Phi) is 7.05. The van der Waals surface area contributed by atoms with Crippen LogP contribution in [0, 0.1) is 6.92 Å². The first-order chi connectivity index (χ1) is 16.1. The average Bonchev–Trinajstić information content (AvgIpc) is 3.24. The van der Waals surface area contributed by atoms with Gasteiger partial charge in [-0.3, -0.25) is 15.1 Å². The van der Waals surface area contributed by atoms with Crippen molar-refractivity contribution in [2.45, 2.75) is 20.3 Å². The number of guanidine groups is 1. The van der Waals surface area contributed by atoms with Crippen LogP contribution >= 0.6 is 0 Å². The van der Waals surface area contributed by atoms with Gasteiger partial charge in [0.05, 0.1) is 6.61 Å². The molecule has 3 aromatic carbocycles. The molecule has 0 fully saturated rings. The number of ether oxygens (including phenoxy) is 1. The number of amides is 1. The van der Waals surface area contributed by atoms with E-state index in [9.17, 15) is 4.79 Å². The number of aryl methyl sites for hydroxylation is 1. The van der Waals surface area contributed by atoms with Gasteiger partial charge in [0.1, 0.15) is 5.75 Å². The van der Waals surface area contributed by atoms with Crippen molar-refractivity contribution in [1.29, 1.82) is 0 Å². The highest BCUT2D eigenvalue weighted by Crippen LogP contribution is 2.18. The summed E-state index contributed by atoms with van der Waals surface area (Å²) in [5.74, 6) is 1.01. The van der Waals surface area contributed by atoms with E-state index in [1.165, 1.54) is 10.9 Å². The molecule has 6 nitrogen and oxygen atoms in total. The van der Waals surface area contributed by atoms with Crippen LogP contribution in [0.3, 0.4) is 0 Å². The minimum absolute atomic E-state index is 0.197. The molecule has 0 atom stereocenters. The number of fused-ring (bicyclic) bond motifs is 1. The van der Waals surface area contributed by atoms with Crippen molar-refractivity contribution < 1.29 is 9.53 Å². The molecule has 0 aliphatic rings. The third-order valence-corrected chi connectivity index (χ3v) is 5.38. The molecule has 1 amide bonds. The van der Waals surface area contributed by atoms with E-state index < -0.39 is 0 Å². The summed E-state index contributed by atoms with van der Waals surface area (Å²) in [6, 6.07) is 23.3. The lowest BCUT2D eigenvalue weighted by molar-refractivity contribution is 0.0976. The molecule has 33 heavy (non-hydrogen) atoms. The van der Waals surface area contributed by atoms with Crippen LogP contribution in [-0.2, 0) is 6.42 Å². The Morgan fingerprint density at radius 2 is 1.76 bits per heavy atom. The number of hydrogen-bond acceptors (Lipinski definition) is 3. The zero-order chi connectivity index (χ0) is 23.0. The topological polar surface area (TPSA) is 78.5 Å². The van der Waals surface area contributed by atoms with E-state index in [1.807, 2.05) is 80.7 Å². The van der Waals surface area contributed by atoms with Crippen LogP contribution in [0.4, 0.5) is 5.69 Å². The van der Waals surface area contributed by atoms with E-state index in [-0.39, 0.29) is 5.91 Å². The normalized spacial score (nSPS) is 11.4. The van der Waals surface area contributed by atoms with Gasteiger partial charge in [0.15, 0.2) is 0 Å². The number of carbonyl (C=O) groups is 1. The van der Waals surface area contributed by atoms with Crippen LogP contribution in [0.1, 0.15) is 28.4 Å². The molecule has 0 unspecified atom stereocenters. The highest BCUT2D eigenvalue weighted by atomic mass is 16.5. The second kappa shape index (κ2) is 10.5. The Bertz CT molecular complexity index is 1260. The molecule has 1 aromatic heterocycles. The number of para-hydroxylation sites is 1. The van der Waals surface area contributed by atoms with Crippen molar-refractivity contribution in [2.24, 2.45) is 4.99 Å². The molecule has 0 aliphatic heterocycles. The molecule has 0 spiro atoms. The molecule has 168 valence electrons. The van der Waals surface area contributed by atoms with Gasteiger partial charge in [0.25, 0.3) is 5.91 Å². The van der Waals surface area contributed by atoms with Crippen LogP contribution in [0.25, 0.3) is 10.9 Å². The third kappa shape index (κ3) is 5.60. The first-order valence-corrected chi connectivity index (χ1v) is 11.1. The molecule has 0 aliphatic carbocycles.